The molecule has 0 saturated carbocycles. The molecule has 162 valence electrons. The number of thiocarbonyl (C=S) groups is 1. The van der Waals surface area contributed by atoms with Crippen molar-refractivity contribution < 1.29 is 24.2 Å². The number of methoxy groups -OCH3 is 1. The number of fused-ring (bicyclic) bond motifs is 1. The first kappa shape index (κ1) is 21.9. The minimum Gasteiger partial charge on any atom is -0.493 e. The van der Waals surface area contributed by atoms with Crippen LogP contribution in [0.2, 0.25) is 0 Å². The highest BCUT2D eigenvalue weighted by atomic mass is 32.2. The predicted octanol–water partition coefficient (Wildman–Crippen LogP) is 5.11. The Hall–Kier alpha value is -3.36. The van der Waals surface area contributed by atoms with Crippen molar-refractivity contribution >= 4 is 62.7 Å². The Morgan fingerprint density at radius 1 is 1.09 bits per heavy atom. The molecular weight excluding hydrogens is 446 g/mol. The zero-order chi connectivity index (χ0) is 22.8. The standard InChI is InChI=1S/C24H19NO5S2/c1-14(23(27)28)30-19-10-7-15(11-20(19)29-2)12-21-22(26)25(24(31)32-21)18-9-8-16-5-3-4-6-17(16)13-18/h3-14H,1-2H3,(H,27,28)/b21-12+. The van der Waals surface area contributed by atoms with Crippen LogP contribution in [0.4, 0.5) is 5.69 Å². The minimum atomic E-state index is -1.08. The van der Waals surface area contributed by atoms with Gasteiger partial charge in [-0.15, -0.1) is 0 Å². The maximum absolute atomic E-state index is 13.1. The molecule has 6 nitrogen and oxygen atoms in total. The van der Waals surface area contributed by atoms with Crippen LogP contribution in [0.1, 0.15) is 12.5 Å². The van der Waals surface area contributed by atoms with Crippen LogP contribution in [0, 0.1) is 0 Å². The molecule has 1 saturated heterocycles. The van der Waals surface area contributed by atoms with E-state index < -0.39 is 12.1 Å². The van der Waals surface area contributed by atoms with Crippen LogP contribution in [0.15, 0.2) is 65.6 Å². The third-order valence-electron chi connectivity index (χ3n) is 4.92. The number of anilines is 1. The number of benzene rings is 3. The Bertz CT molecular complexity index is 1270. The summed E-state index contributed by atoms with van der Waals surface area (Å²) in [4.78, 5) is 26.2. The Morgan fingerprint density at radius 3 is 2.56 bits per heavy atom. The predicted molar refractivity (Wildman–Crippen MR) is 130 cm³/mol. The summed E-state index contributed by atoms with van der Waals surface area (Å²) in [7, 11) is 1.47. The summed E-state index contributed by atoms with van der Waals surface area (Å²) in [6.45, 7) is 1.44. The monoisotopic (exact) mass is 465 g/mol. The van der Waals surface area contributed by atoms with Gasteiger partial charge in [-0.1, -0.05) is 60.4 Å². The van der Waals surface area contributed by atoms with E-state index >= 15 is 0 Å². The summed E-state index contributed by atoms with van der Waals surface area (Å²) in [5, 5.41) is 11.2. The summed E-state index contributed by atoms with van der Waals surface area (Å²) < 4.78 is 11.2. The molecule has 32 heavy (non-hydrogen) atoms. The number of carboxylic acids is 1. The van der Waals surface area contributed by atoms with Gasteiger partial charge in [0, 0.05) is 0 Å². The second-order valence-electron chi connectivity index (χ2n) is 7.06. The number of amides is 1. The van der Waals surface area contributed by atoms with Gasteiger partial charge >= 0.3 is 5.97 Å². The van der Waals surface area contributed by atoms with E-state index in [0.29, 0.717) is 26.3 Å². The first-order valence-electron chi connectivity index (χ1n) is 9.71. The molecule has 3 aromatic rings. The zero-order valence-corrected chi connectivity index (χ0v) is 18.9. The van der Waals surface area contributed by atoms with Gasteiger partial charge in [-0.05, 0) is 53.6 Å². The van der Waals surface area contributed by atoms with E-state index in [1.165, 1.54) is 30.7 Å². The largest absolute Gasteiger partial charge is 0.493 e. The van der Waals surface area contributed by atoms with Gasteiger partial charge in [0.05, 0.1) is 17.7 Å². The number of carboxylic acid groups (broad SMARTS) is 1. The average molecular weight is 466 g/mol. The summed E-state index contributed by atoms with van der Waals surface area (Å²) in [6, 6.07) is 18.8. The minimum absolute atomic E-state index is 0.200. The highest BCUT2D eigenvalue weighted by molar-refractivity contribution is 8.27. The van der Waals surface area contributed by atoms with E-state index in [1.807, 2.05) is 42.5 Å². The maximum Gasteiger partial charge on any atom is 0.344 e. The third kappa shape index (κ3) is 4.32. The molecule has 0 radical (unpaired) electrons. The molecular formula is C24H19NO5S2. The van der Waals surface area contributed by atoms with Crippen molar-refractivity contribution in [3.63, 3.8) is 0 Å². The van der Waals surface area contributed by atoms with Gasteiger partial charge in [0.25, 0.3) is 5.91 Å². The van der Waals surface area contributed by atoms with Crippen molar-refractivity contribution in [3.8, 4) is 11.5 Å². The fourth-order valence-electron chi connectivity index (χ4n) is 3.27. The molecule has 8 heteroatoms. The smallest absolute Gasteiger partial charge is 0.344 e. The quantitative estimate of drug-likeness (QED) is 0.401. The number of hydrogen-bond donors (Lipinski definition) is 1. The van der Waals surface area contributed by atoms with E-state index in [9.17, 15) is 9.59 Å². The van der Waals surface area contributed by atoms with Crippen molar-refractivity contribution in [2.75, 3.05) is 12.0 Å². The number of hydrogen-bond acceptors (Lipinski definition) is 6. The van der Waals surface area contributed by atoms with Gasteiger partial charge in [0.15, 0.2) is 21.9 Å². The lowest BCUT2D eigenvalue weighted by Gasteiger charge is -2.15. The molecule has 4 rings (SSSR count). The van der Waals surface area contributed by atoms with Crippen LogP contribution in [0.5, 0.6) is 11.5 Å². The van der Waals surface area contributed by atoms with Crippen LogP contribution in [0.25, 0.3) is 16.8 Å². The Balaban J connectivity index is 1.61. The molecule has 1 amide bonds. The molecule has 0 aromatic heterocycles. The molecule has 1 heterocycles. The fourth-order valence-corrected chi connectivity index (χ4v) is 4.57. The molecule has 1 unspecified atom stereocenters. The second-order valence-corrected chi connectivity index (χ2v) is 8.73. The van der Waals surface area contributed by atoms with Gasteiger partial charge in [-0.3, -0.25) is 9.69 Å². The Labute approximate surface area is 194 Å². The number of carbonyl (C=O) groups excluding carboxylic acids is 1. The number of thioether (sulfide) groups is 1. The summed E-state index contributed by atoms with van der Waals surface area (Å²) >= 11 is 6.71. The molecule has 0 aliphatic carbocycles. The topological polar surface area (TPSA) is 76.1 Å². The van der Waals surface area contributed by atoms with E-state index in [1.54, 1.807) is 24.3 Å². The first-order valence-corrected chi connectivity index (χ1v) is 10.9. The molecule has 0 spiro atoms. The van der Waals surface area contributed by atoms with Crippen molar-refractivity contribution in [3.05, 3.63) is 71.1 Å². The third-order valence-corrected chi connectivity index (χ3v) is 6.22. The van der Waals surface area contributed by atoms with Crippen LogP contribution < -0.4 is 14.4 Å². The van der Waals surface area contributed by atoms with Crippen molar-refractivity contribution in [1.29, 1.82) is 0 Å². The van der Waals surface area contributed by atoms with Crippen LogP contribution in [-0.4, -0.2) is 34.5 Å². The van der Waals surface area contributed by atoms with E-state index in [-0.39, 0.29) is 5.91 Å². The van der Waals surface area contributed by atoms with Crippen molar-refractivity contribution in [2.45, 2.75) is 13.0 Å². The fraction of sp³-hybridized carbons (Fsp3) is 0.125. The second kappa shape index (κ2) is 9.02. The van der Waals surface area contributed by atoms with Gasteiger partial charge in [-0.2, -0.15) is 0 Å². The SMILES string of the molecule is COc1cc(/C=C2/SC(=S)N(c3ccc4ccccc4c3)C2=O)ccc1OC(C)C(=O)O. The molecule has 1 atom stereocenters. The zero-order valence-electron chi connectivity index (χ0n) is 17.3. The number of carbonyl (C=O) groups is 2. The Morgan fingerprint density at radius 2 is 1.84 bits per heavy atom. The first-order chi connectivity index (χ1) is 15.4. The van der Waals surface area contributed by atoms with Crippen LogP contribution in [-0.2, 0) is 9.59 Å². The number of aliphatic carboxylic acids is 1. The van der Waals surface area contributed by atoms with Crippen LogP contribution >= 0.6 is 24.0 Å². The molecule has 3 aromatic carbocycles. The van der Waals surface area contributed by atoms with Gasteiger partial charge < -0.3 is 14.6 Å². The van der Waals surface area contributed by atoms with Crippen LogP contribution in [0.3, 0.4) is 0 Å². The molecule has 0 bridgehead atoms. The lowest BCUT2D eigenvalue weighted by molar-refractivity contribution is -0.144. The van der Waals surface area contributed by atoms with Crippen molar-refractivity contribution in [2.24, 2.45) is 0 Å². The highest BCUT2D eigenvalue weighted by Crippen LogP contribution is 2.38. The summed E-state index contributed by atoms with van der Waals surface area (Å²) in [5.41, 5.74) is 1.43. The molecule has 1 aliphatic heterocycles. The molecule has 1 fully saturated rings. The normalized spacial score (nSPS) is 15.9. The number of nitrogens with zero attached hydrogens (tertiary/aromatic N) is 1. The Kier molecular flexibility index (Phi) is 6.16. The maximum atomic E-state index is 13.1. The van der Waals surface area contributed by atoms with E-state index in [0.717, 1.165) is 16.5 Å². The lowest BCUT2D eigenvalue weighted by atomic mass is 10.1. The highest BCUT2D eigenvalue weighted by Gasteiger charge is 2.33. The summed E-state index contributed by atoms with van der Waals surface area (Å²) in [5.74, 6) is -0.595. The summed E-state index contributed by atoms with van der Waals surface area (Å²) in [6.07, 6.45) is 0.709. The number of ether oxygens (including phenoxy) is 2. The van der Waals surface area contributed by atoms with Gasteiger partial charge in [0.1, 0.15) is 0 Å². The molecule has 1 N–H and O–H groups in total. The molecule has 1 aliphatic rings. The van der Waals surface area contributed by atoms with Gasteiger partial charge in [-0.25, -0.2) is 4.79 Å². The van der Waals surface area contributed by atoms with Gasteiger partial charge in [0.2, 0.25) is 0 Å². The van der Waals surface area contributed by atoms with E-state index in [2.05, 4.69) is 0 Å². The van der Waals surface area contributed by atoms with Crippen molar-refractivity contribution in [1.82, 2.24) is 0 Å². The lowest BCUT2D eigenvalue weighted by Crippen LogP contribution is -2.27. The number of rotatable bonds is 6. The average Bonchev–Trinajstić information content (AvgIpc) is 3.06. The van der Waals surface area contributed by atoms with E-state index in [4.69, 9.17) is 26.8 Å².